The maximum Gasteiger partial charge on any atom is 0.0674 e. The van der Waals surface area contributed by atoms with E-state index in [-0.39, 0.29) is 0 Å². The molecule has 0 bridgehead atoms. The van der Waals surface area contributed by atoms with Crippen LogP contribution in [0.25, 0.3) is 0 Å². The average Bonchev–Trinajstić information content (AvgIpc) is 2.27. The second-order valence-corrected chi connectivity index (χ2v) is 11.2. The molecular weight excluding hydrogens is 232 g/mol. The first-order valence-corrected chi connectivity index (χ1v) is 11.7. The zero-order valence-electron chi connectivity index (χ0n) is 11.6. The van der Waals surface area contributed by atoms with Crippen LogP contribution in [0.4, 0.5) is 0 Å². The Morgan fingerprint density at radius 2 is 1.06 bits per heavy atom. The molecule has 0 aliphatic heterocycles. The maximum atomic E-state index is 5.35. The minimum atomic E-state index is -0.583. The Labute approximate surface area is 105 Å². The van der Waals surface area contributed by atoms with Crippen molar-refractivity contribution in [1.82, 2.24) is 0 Å². The SMILES string of the molecule is CCC[SiH](CC[SiH](CCC)COC)COC. The minimum Gasteiger partial charge on any atom is -0.388 e. The number of rotatable bonds is 11. The number of ether oxygens (including phenoxy) is 2. The molecule has 0 radical (unpaired) electrons. The van der Waals surface area contributed by atoms with Crippen LogP contribution in [0.3, 0.4) is 0 Å². The van der Waals surface area contributed by atoms with Crippen LogP contribution < -0.4 is 0 Å². The topological polar surface area (TPSA) is 18.5 Å². The molecule has 0 heterocycles. The number of methoxy groups -OCH3 is 2. The third kappa shape index (κ3) is 8.50. The third-order valence-electron chi connectivity index (χ3n) is 3.18. The second kappa shape index (κ2) is 11.8. The number of hydrogen-bond acceptors (Lipinski definition) is 2. The Morgan fingerprint density at radius 3 is 1.31 bits per heavy atom. The smallest absolute Gasteiger partial charge is 0.0674 e. The molecule has 0 aromatic carbocycles. The molecule has 0 spiro atoms. The molecule has 2 nitrogen and oxygen atoms in total. The highest BCUT2D eigenvalue weighted by atomic mass is 28.3. The first-order chi connectivity index (χ1) is 7.78. The van der Waals surface area contributed by atoms with Crippen molar-refractivity contribution in [2.24, 2.45) is 0 Å². The van der Waals surface area contributed by atoms with Gasteiger partial charge in [-0.05, 0) is 0 Å². The summed E-state index contributed by atoms with van der Waals surface area (Å²) in [6, 6.07) is 5.88. The van der Waals surface area contributed by atoms with E-state index in [1.54, 1.807) is 0 Å². The third-order valence-corrected chi connectivity index (χ3v) is 10.5. The Hall–Kier alpha value is 0.354. The van der Waals surface area contributed by atoms with Gasteiger partial charge in [-0.25, -0.2) is 0 Å². The minimum absolute atomic E-state index is 0.583. The van der Waals surface area contributed by atoms with Gasteiger partial charge in [-0.3, -0.25) is 0 Å². The fourth-order valence-electron chi connectivity index (χ4n) is 2.38. The zero-order valence-corrected chi connectivity index (χ0v) is 13.9. The summed E-state index contributed by atoms with van der Waals surface area (Å²) in [4.78, 5) is 0. The van der Waals surface area contributed by atoms with E-state index in [1.165, 1.54) is 37.0 Å². The summed E-state index contributed by atoms with van der Waals surface area (Å²) in [6.07, 6.45) is 4.83. The normalized spacial score (nSPS) is 15.0. The second-order valence-electron chi connectivity index (χ2n) is 4.80. The van der Waals surface area contributed by atoms with Crippen molar-refractivity contribution in [2.75, 3.05) is 26.7 Å². The lowest BCUT2D eigenvalue weighted by Crippen LogP contribution is -2.25. The van der Waals surface area contributed by atoms with Gasteiger partial charge in [0.05, 0.1) is 17.6 Å². The Bertz CT molecular complexity index is 117. The molecule has 0 rings (SSSR count). The van der Waals surface area contributed by atoms with Gasteiger partial charge in [0.25, 0.3) is 0 Å². The standard InChI is InChI=1S/C12H30O2Si2/c1-5-7-15(11-13-3)9-10-16(8-6-2)12-14-4/h15-16H,5-12H2,1-4H3. The average molecular weight is 263 g/mol. The van der Waals surface area contributed by atoms with E-state index in [9.17, 15) is 0 Å². The van der Waals surface area contributed by atoms with Crippen LogP contribution in [-0.2, 0) is 9.47 Å². The summed E-state index contributed by atoms with van der Waals surface area (Å²) in [7, 11) is 2.54. The molecule has 98 valence electrons. The molecule has 0 N–H and O–H groups in total. The van der Waals surface area contributed by atoms with Crippen molar-refractivity contribution in [1.29, 1.82) is 0 Å². The van der Waals surface area contributed by atoms with Gasteiger partial charge in [-0.15, -0.1) is 0 Å². The van der Waals surface area contributed by atoms with Crippen molar-refractivity contribution in [3.63, 3.8) is 0 Å². The summed E-state index contributed by atoms with van der Waals surface area (Å²) in [5.74, 6) is 0. The van der Waals surface area contributed by atoms with Gasteiger partial charge in [-0.1, -0.05) is 50.9 Å². The molecule has 0 fully saturated rings. The number of hydrogen-bond donors (Lipinski definition) is 0. The lowest BCUT2D eigenvalue weighted by Gasteiger charge is -2.17. The predicted octanol–water partition coefficient (Wildman–Crippen LogP) is 2.63. The maximum absolute atomic E-state index is 5.35. The highest BCUT2D eigenvalue weighted by Crippen LogP contribution is 2.13. The van der Waals surface area contributed by atoms with Crippen molar-refractivity contribution < 1.29 is 9.47 Å². The molecule has 4 heteroatoms. The van der Waals surface area contributed by atoms with Crippen LogP contribution in [0.1, 0.15) is 26.7 Å². The molecule has 0 saturated carbocycles. The van der Waals surface area contributed by atoms with Gasteiger partial charge < -0.3 is 9.47 Å². The highest BCUT2D eigenvalue weighted by Gasteiger charge is 2.15. The predicted molar refractivity (Wildman–Crippen MR) is 77.9 cm³/mol. The van der Waals surface area contributed by atoms with E-state index < -0.39 is 17.6 Å². The van der Waals surface area contributed by atoms with E-state index >= 15 is 0 Å². The van der Waals surface area contributed by atoms with Crippen LogP contribution in [0, 0.1) is 0 Å². The zero-order chi connectivity index (χ0) is 12.2. The summed E-state index contributed by atoms with van der Waals surface area (Å²) < 4.78 is 10.7. The first kappa shape index (κ1) is 16.4. The van der Waals surface area contributed by atoms with Crippen LogP contribution in [0.5, 0.6) is 0 Å². The fourth-order valence-corrected chi connectivity index (χ4v) is 9.97. The molecule has 16 heavy (non-hydrogen) atoms. The van der Waals surface area contributed by atoms with E-state index in [1.807, 2.05) is 14.2 Å². The largest absolute Gasteiger partial charge is 0.388 e. The first-order valence-electron chi connectivity index (χ1n) is 6.76. The van der Waals surface area contributed by atoms with Crippen molar-refractivity contribution in [2.45, 2.75) is 50.9 Å². The molecular formula is C12H30O2Si2. The van der Waals surface area contributed by atoms with Gasteiger partial charge >= 0.3 is 0 Å². The molecule has 0 aromatic heterocycles. The summed E-state index contributed by atoms with van der Waals surface area (Å²) in [5.41, 5.74) is 0. The molecule has 0 aliphatic carbocycles. The van der Waals surface area contributed by atoms with E-state index in [2.05, 4.69) is 13.8 Å². The Balaban J connectivity index is 3.83. The van der Waals surface area contributed by atoms with E-state index in [0.717, 1.165) is 12.5 Å². The van der Waals surface area contributed by atoms with Crippen LogP contribution in [0.2, 0.25) is 24.2 Å². The van der Waals surface area contributed by atoms with Gasteiger partial charge in [0.2, 0.25) is 0 Å². The van der Waals surface area contributed by atoms with Gasteiger partial charge in [0, 0.05) is 26.7 Å². The summed E-state index contributed by atoms with van der Waals surface area (Å²) >= 11 is 0. The quantitative estimate of drug-likeness (QED) is 0.533. The van der Waals surface area contributed by atoms with Gasteiger partial charge in [-0.2, -0.15) is 0 Å². The molecule has 2 atom stereocenters. The lowest BCUT2D eigenvalue weighted by atomic mass is 10.6. The Morgan fingerprint density at radius 1 is 0.688 bits per heavy atom. The molecule has 0 aliphatic rings. The van der Waals surface area contributed by atoms with E-state index in [0.29, 0.717) is 0 Å². The molecule has 0 saturated heterocycles. The monoisotopic (exact) mass is 262 g/mol. The van der Waals surface area contributed by atoms with Crippen molar-refractivity contribution in [3.05, 3.63) is 0 Å². The van der Waals surface area contributed by atoms with E-state index in [4.69, 9.17) is 9.47 Å². The van der Waals surface area contributed by atoms with Gasteiger partial charge in [0.15, 0.2) is 0 Å². The summed E-state index contributed by atoms with van der Waals surface area (Å²) in [6.45, 7) is 4.59. The molecule has 0 amide bonds. The van der Waals surface area contributed by atoms with Crippen molar-refractivity contribution >= 4 is 17.6 Å². The fraction of sp³-hybridized carbons (Fsp3) is 1.00. The van der Waals surface area contributed by atoms with Crippen LogP contribution >= 0.6 is 0 Å². The lowest BCUT2D eigenvalue weighted by molar-refractivity contribution is 0.247. The van der Waals surface area contributed by atoms with Gasteiger partial charge in [0.1, 0.15) is 0 Å². The van der Waals surface area contributed by atoms with Crippen LogP contribution in [-0.4, -0.2) is 44.3 Å². The van der Waals surface area contributed by atoms with Crippen molar-refractivity contribution in [3.8, 4) is 0 Å². The molecule has 2 unspecified atom stereocenters. The highest BCUT2D eigenvalue weighted by molar-refractivity contribution is 6.64. The Kier molecular flexibility index (Phi) is 12.1. The molecule has 0 aromatic rings. The van der Waals surface area contributed by atoms with Crippen LogP contribution in [0.15, 0.2) is 0 Å². The summed E-state index contributed by atoms with van der Waals surface area (Å²) in [5, 5.41) is 0.